The van der Waals surface area contributed by atoms with Crippen molar-refractivity contribution >= 4 is 11.6 Å². The summed E-state index contributed by atoms with van der Waals surface area (Å²) in [5.74, 6) is 3.96. The Morgan fingerprint density at radius 3 is 2.34 bits per heavy atom. The summed E-state index contributed by atoms with van der Waals surface area (Å²) in [6.07, 6.45) is 8.47. The third-order valence-corrected chi connectivity index (χ3v) is 7.98. The van der Waals surface area contributed by atoms with Crippen molar-refractivity contribution in [2.24, 2.45) is 23.2 Å². The number of benzene rings is 1. The molecule has 0 aromatic heterocycles. The van der Waals surface area contributed by atoms with Gasteiger partial charge in [0.2, 0.25) is 5.91 Å². The van der Waals surface area contributed by atoms with Gasteiger partial charge in [-0.2, -0.15) is 0 Å². The highest BCUT2D eigenvalue weighted by Crippen LogP contribution is 2.59. The number of anilines is 1. The van der Waals surface area contributed by atoms with Crippen molar-refractivity contribution in [3.8, 4) is 5.75 Å². The van der Waals surface area contributed by atoms with Crippen LogP contribution in [0.4, 0.5) is 5.69 Å². The number of piperazine rings is 1. The first-order chi connectivity index (χ1) is 14.1. The summed E-state index contributed by atoms with van der Waals surface area (Å²) < 4.78 is 5.34. The monoisotopic (exact) mass is 397 g/mol. The van der Waals surface area contributed by atoms with E-state index in [1.807, 2.05) is 12.1 Å². The second-order valence-corrected chi connectivity index (χ2v) is 10.2. The highest BCUT2D eigenvalue weighted by atomic mass is 16.5. The van der Waals surface area contributed by atoms with Gasteiger partial charge in [-0.1, -0.05) is 6.07 Å². The molecule has 4 saturated carbocycles. The lowest BCUT2D eigenvalue weighted by molar-refractivity contribution is -0.124. The molecule has 1 saturated heterocycles. The van der Waals surface area contributed by atoms with Gasteiger partial charge in [0.1, 0.15) is 5.75 Å². The Bertz CT molecular complexity index is 706. The predicted octanol–water partition coefficient (Wildman–Crippen LogP) is 3.15. The van der Waals surface area contributed by atoms with E-state index in [9.17, 15) is 4.79 Å². The van der Waals surface area contributed by atoms with Gasteiger partial charge in [-0.3, -0.25) is 9.69 Å². The van der Waals surface area contributed by atoms with Crippen LogP contribution in [-0.2, 0) is 4.79 Å². The Hall–Kier alpha value is -1.75. The Kier molecular flexibility index (Phi) is 5.19. The van der Waals surface area contributed by atoms with Crippen LogP contribution in [-0.4, -0.2) is 57.2 Å². The first-order valence-electron chi connectivity index (χ1n) is 11.5. The smallest absolute Gasteiger partial charge is 0.234 e. The lowest BCUT2D eigenvalue weighted by Gasteiger charge is -2.57. The summed E-state index contributed by atoms with van der Waals surface area (Å²) in [6, 6.07) is 8.25. The largest absolute Gasteiger partial charge is 0.497 e. The molecule has 1 heterocycles. The van der Waals surface area contributed by atoms with Gasteiger partial charge < -0.3 is 15.0 Å². The zero-order chi connectivity index (χ0) is 19.8. The van der Waals surface area contributed by atoms with Crippen molar-refractivity contribution in [2.75, 3.05) is 51.3 Å². The van der Waals surface area contributed by atoms with E-state index in [0.717, 1.165) is 56.2 Å². The molecule has 158 valence electrons. The quantitative estimate of drug-likeness (QED) is 0.801. The van der Waals surface area contributed by atoms with Gasteiger partial charge in [0, 0.05) is 44.5 Å². The molecule has 5 fully saturated rings. The van der Waals surface area contributed by atoms with E-state index in [1.165, 1.54) is 44.2 Å². The minimum atomic E-state index is 0.218. The summed E-state index contributed by atoms with van der Waals surface area (Å²) >= 11 is 0. The standard InChI is InChI=1S/C24H35N3O2/c1-29-22-4-2-3-21(12-22)27-7-5-26(6-8-27)16-23(28)25-17-24-13-18-9-19(14-24)11-20(10-18)15-24/h2-4,12,18-20H,5-11,13-17H2,1H3,(H,25,28). The Morgan fingerprint density at radius 2 is 1.72 bits per heavy atom. The Balaban J connectivity index is 1.08. The van der Waals surface area contributed by atoms with Crippen molar-refractivity contribution in [1.29, 1.82) is 0 Å². The fourth-order valence-electron chi connectivity index (χ4n) is 7.02. The summed E-state index contributed by atoms with van der Waals surface area (Å²) in [7, 11) is 1.71. The minimum Gasteiger partial charge on any atom is -0.497 e. The van der Waals surface area contributed by atoms with Gasteiger partial charge in [0.25, 0.3) is 0 Å². The number of nitrogens with zero attached hydrogens (tertiary/aromatic N) is 2. The summed E-state index contributed by atoms with van der Waals surface area (Å²) in [5.41, 5.74) is 1.63. The third-order valence-electron chi connectivity index (χ3n) is 7.98. The molecule has 1 aliphatic heterocycles. The lowest BCUT2D eigenvalue weighted by Crippen LogP contribution is -2.53. The van der Waals surface area contributed by atoms with E-state index in [4.69, 9.17) is 4.74 Å². The molecule has 4 aliphatic carbocycles. The lowest BCUT2D eigenvalue weighted by atomic mass is 9.49. The third kappa shape index (κ3) is 4.11. The Morgan fingerprint density at radius 1 is 1.07 bits per heavy atom. The molecule has 5 nitrogen and oxygen atoms in total. The number of carbonyl (C=O) groups is 1. The van der Waals surface area contributed by atoms with Crippen molar-refractivity contribution in [3.05, 3.63) is 24.3 Å². The topological polar surface area (TPSA) is 44.8 Å². The van der Waals surface area contributed by atoms with Crippen LogP contribution in [0.15, 0.2) is 24.3 Å². The van der Waals surface area contributed by atoms with E-state index in [2.05, 4.69) is 27.2 Å². The number of hydrogen-bond acceptors (Lipinski definition) is 4. The van der Waals surface area contributed by atoms with Crippen LogP contribution in [0.3, 0.4) is 0 Å². The number of nitrogens with one attached hydrogen (secondary N) is 1. The summed E-state index contributed by atoms with van der Waals surface area (Å²) in [4.78, 5) is 17.3. The van der Waals surface area contributed by atoms with Gasteiger partial charge in [-0.05, 0) is 73.8 Å². The molecule has 0 atom stereocenters. The molecule has 0 radical (unpaired) electrons. The number of rotatable bonds is 6. The first-order valence-corrected chi connectivity index (χ1v) is 11.5. The normalized spacial score (nSPS) is 33.7. The molecule has 1 amide bonds. The maximum absolute atomic E-state index is 12.7. The highest BCUT2D eigenvalue weighted by molar-refractivity contribution is 5.78. The average molecular weight is 398 g/mol. The molecule has 4 bridgehead atoms. The van der Waals surface area contributed by atoms with E-state index in [-0.39, 0.29) is 5.91 Å². The van der Waals surface area contributed by atoms with E-state index >= 15 is 0 Å². The van der Waals surface area contributed by atoms with Gasteiger partial charge in [0.05, 0.1) is 13.7 Å². The fourth-order valence-corrected chi connectivity index (χ4v) is 7.02. The second kappa shape index (κ2) is 7.82. The first kappa shape index (κ1) is 19.2. The molecule has 0 unspecified atom stereocenters. The minimum absolute atomic E-state index is 0.218. The maximum Gasteiger partial charge on any atom is 0.234 e. The number of methoxy groups -OCH3 is 1. The zero-order valence-corrected chi connectivity index (χ0v) is 17.7. The fraction of sp³-hybridized carbons (Fsp3) is 0.708. The summed E-state index contributed by atoms with van der Waals surface area (Å²) in [6.45, 7) is 5.23. The van der Waals surface area contributed by atoms with Gasteiger partial charge >= 0.3 is 0 Å². The maximum atomic E-state index is 12.7. The van der Waals surface area contributed by atoms with Gasteiger partial charge in [-0.15, -0.1) is 0 Å². The van der Waals surface area contributed by atoms with Crippen molar-refractivity contribution in [1.82, 2.24) is 10.2 Å². The molecule has 0 spiro atoms. The zero-order valence-electron chi connectivity index (χ0n) is 17.7. The number of hydrogen-bond donors (Lipinski definition) is 1. The van der Waals surface area contributed by atoms with Crippen LogP contribution < -0.4 is 15.0 Å². The number of amides is 1. The van der Waals surface area contributed by atoms with Crippen LogP contribution >= 0.6 is 0 Å². The second-order valence-electron chi connectivity index (χ2n) is 10.2. The predicted molar refractivity (Wildman–Crippen MR) is 115 cm³/mol. The van der Waals surface area contributed by atoms with Crippen LogP contribution in [0.1, 0.15) is 38.5 Å². The molecule has 1 aromatic carbocycles. The number of carbonyl (C=O) groups excluding carboxylic acids is 1. The molecular formula is C24H35N3O2. The number of ether oxygens (including phenoxy) is 1. The van der Waals surface area contributed by atoms with Crippen LogP contribution in [0.25, 0.3) is 0 Å². The molecule has 6 rings (SSSR count). The van der Waals surface area contributed by atoms with Crippen molar-refractivity contribution in [2.45, 2.75) is 38.5 Å². The van der Waals surface area contributed by atoms with Gasteiger partial charge in [0.15, 0.2) is 0 Å². The highest BCUT2D eigenvalue weighted by Gasteiger charge is 2.50. The van der Waals surface area contributed by atoms with E-state index < -0.39 is 0 Å². The molecule has 5 heteroatoms. The van der Waals surface area contributed by atoms with E-state index in [1.54, 1.807) is 7.11 Å². The van der Waals surface area contributed by atoms with Crippen molar-refractivity contribution in [3.63, 3.8) is 0 Å². The molecule has 5 aliphatic rings. The summed E-state index contributed by atoms with van der Waals surface area (Å²) in [5, 5.41) is 3.33. The Labute approximate surface area is 174 Å². The molecule has 1 N–H and O–H groups in total. The SMILES string of the molecule is COc1cccc(N2CCN(CC(=O)NCC34CC5CC(CC(C5)C3)C4)CC2)c1. The van der Waals surface area contributed by atoms with Crippen LogP contribution in [0, 0.1) is 23.2 Å². The average Bonchev–Trinajstić information content (AvgIpc) is 2.72. The van der Waals surface area contributed by atoms with Gasteiger partial charge in [-0.25, -0.2) is 0 Å². The van der Waals surface area contributed by atoms with Crippen molar-refractivity contribution < 1.29 is 9.53 Å². The van der Waals surface area contributed by atoms with Crippen LogP contribution in [0.2, 0.25) is 0 Å². The molecule has 29 heavy (non-hydrogen) atoms. The van der Waals surface area contributed by atoms with E-state index in [0.29, 0.717) is 12.0 Å². The molecule has 1 aromatic rings. The van der Waals surface area contributed by atoms with Crippen LogP contribution in [0.5, 0.6) is 5.75 Å². The molecular weight excluding hydrogens is 362 g/mol.